The molecule has 84 valence electrons. The molecule has 5 nitrogen and oxygen atoms in total. The molecule has 1 aromatic heterocycles. The number of nitrogens with one attached hydrogen (secondary N) is 1. The van der Waals surface area contributed by atoms with Gasteiger partial charge in [-0.3, -0.25) is 9.98 Å². The number of aromatic nitrogens is 2. The normalized spacial score (nSPS) is 10.9. The van der Waals surface area contributed by atoms with Crippen molar-refractivity contribution in [2.45, 2.75) is 0 Å². The quantitative estimate of drug-likeness (QED) is 0.534. The molecule has 0 aliphatic rings. The summed E-state index contributed by atoms with van der Waals surface area (Å²) in [6.45, 7) is 0. The minimum absolute atomic E-state index is 0.0461. The number of nitrogens with zero attached hydrogens (tertiary/aromatic N) is 2. The van der Waals surface area contributed by atoms with Crippen molar-refractivity contribution >= 4 is 28.0 Å². The molecule has 0 saturated heterocycles. The van der Waals surface area contributed by atoms with Gasteiger partial charge in [0, 0.05) is 7.05 Å². The molecule has 0 aliphatic heterocycles. The largest absolute Gasteiger partial charge is 0.506 e. The van der Waals surface area contributed by atoms with Crippen molar-refractivity contribution in [2.75, 3.05) is 6.26 Å². The molecular weight excluding hydrogens is 226 g/mol. The fraction of sp³-hybridized carbons (Fsp3) is 0.200. The Kier molecular flexibility index (Phi) is 2.51. The number of rotatable bonds is 0. The van der Waals surface area contributed by atoms with Gasteiger partial charge in [-0.15, -0.1) is 0 Å². The van der Waals surface area contributed by atoms with Crippen LogP contribution in [0.25, 0.3) is 11.0 Å². The summed E-state index contributed by atoms with van der Waals surface area (Å²) in [6, 6.07) is 4.89. The lowest BCUT2D eigenvalue weighted by atomic mass is 10.3. The van der Waals surface area contributed by atoms with Gasteiger partial charge >= 0.3 is 5.69 Å². The van der Waals surface area contributed by atoms with Gasteiger partial charge < -0.3 is 5.11 Å². The molecule has 0 saturated carbocycles. The maximum atomic E-state index is 11.9. The van der Waals surface area contributed by atoms with Gasteiger partial charge in [0.2, 0.25) is 0 Å². The highest BCUT2D eigenvalue weighted by Gasteiger charge is 2.15. The molecule has 16 heavy (non-hydrogen) atoms. The van der Waals surface area contributed by atoms with Gasteiger partial charge in [-0.1, -0.05) is 17.8 Å². The van der Waals surface area contributed by atoms with Gasteiger partial charge in [0.25, 0.3) is 0 Å². The van der Waals surface area contributed by atoms with Gasteiger partial charge in [-0.2, -0.15) is 0 Å². The van der Waals surface area contributed by atoms with Crippen LogP contribution >= 0.6 is 11.8 Å². The molecule has 0 atom stereocenters. The van der Waals surface area contributed by atoms with Gasteiger partial charge in [0.1, 0.15) is 11.3 Å². The minimum atomic E-state index is -0.323. The SMILES string of the molecule is CSC(=N)n1c(=O)n(C)c2c(O)cccc21. The number of para-hydroxylation sites is 1. The Hall–Kier alpha value is -1.69. The molecule has 0 unspecified atom stereocenters. The number of aromatic hydroxyl groups is 1. The van der Waals surface area contributed by atoms with Crippen molar-refractivity contribution < 1.29 is 5.11 Å². The lowest BCUT2D eigenvalue weighted by molar-refractivity contribution is 0.478. The first-order valence-corrected chi connectivity index (χ1v) is 5.82. The predicted octanol–water partition coefficient (Wildman–Crippen LogP) is 1.19. The van der Waals surface area contributed by atoms with Gasteiger partial charge in [-0.05, 0) is 18.4 Å². The highest BCUT2D eigenvalue weighted by atomic mass is 32.2. The summed E-state index contributed by atoms with van der Waals surface area (Å²) in [7, 11) is 1.58. The topological polar surface area (TPSA) is 71.0 Å². The van der Waals surface area contributed by atoms with Crippen molar-refractivity contribution in [2.24, 2.45) is 7.05 Å². The first-order chi connectivity index (χ1) is 7.57. The smallest absolute Gasteiger partial charge is 0.335 e. The van der Waals surface area contributed by atoms with E-state index in [9.17, 15) is 9.90 Å². The summed E-state index contributed by atoms with van der Waals surface area (Å²) in [4.78, 5) is 11.9. The molecular formula is C10H11N3O2S. The lowest BCUT2D eigenvalue weighted by Gasteiger charge is -2.01. The molecule has 2 N–H and O–H groups in total. The Labute approximate surface area is 95.8 Å². The van der Waals surface area contributed by atoms with Gasteiger partial charge in [0.15, 0.2) is 5.17 Å². The molecule has 0 bridgehead atoms. The van der Waals surface area contributed by atoms with Crippen LogP contribution < -0.4 is 5.69 Å². The number of thioether (sulfide) groups is 1. The second-order valence-electron chi connectivity index (χ2n) is 3.33. The number of hydrogen-bond acceptors (Lipinski definition) is 4. The number of hydrogen-bond donors (Lipinski definition) is 2. The van der Waals surface area contributed by atoms with E-state index < -0.39 is 0 Å². The average Bonchev–Trinajstić information content (AvgIpc) is 2.52. The van der Waals surface area contributed by atoms with Crippen molar-refractivity contribution in [3.05, 3.63) is 28.7 Å². The number of imidazole rings is 1. The summed E-state index contributed by atoms with van der Waals surface area (Å²) in [5, 5.41) is 17.6. The molecule has 0 spiro atoms. The molecule has 1 aromatic carbocycles. The zero-order chi connectivity index (χ0) is 11.9. The molecule has 0 radical (unpaired) electrons. The van der Waals surface area contributed by atoms with Crippen LogP contribution in [0.1, 0.15) is 0 Å². The average molecular weight is 237 g/mol. The van der Waals surface area contributed by atoms with Crippen LogP contribution in [-0.4, -0.2) is 25.7 Å². The number of aryl methyl sites for hydroxylation is 1. The van der Waals surface area contributed by atoms with Crippen LogP contribution in [0.5, 0.6) is 5.75 Å². The minimum Gasteiger partial charge on any atom is -0.506 e. The summed E-state index contributed by atoms with van der Waals surface area (Å²) in [5.41, 5.74) is 0.675. The van der Waals surface area contributed by atoms with E-state index in [4.69, 9.17) is 5.41 Å². The molecule has 6 heteroatoms. The van der Waals surface area contributed by atoms with Crippen LogP contribution in [0.3, 0.4) is 0 Å². The first kappa shape index (κ1) is 10.8. The maximum absolute atomic E-state index is 11.9. The van der Waals surface area contributed by atoms with E-state index >= 15 is 0 Å². The zero-order valence-corrected chi connectivity index (χ0v) is 9.71. The van der Waals surface area contributed by atoms with E-state index in [1.165, 1.54) is 27.0 Å². The van der Waals surface area contributed by atoms with Crippen LogP contribution in [0, 0.1) is 5.41 Å². The Morgan fingerprint density at radius 3 is 2.81 bits per heavy atom. The Balaban J connectivity index is 2.96. The molecule has 2 rings (SSSR count). The lowest BCUT2D eigenvalue weighted by Crippen LogP contribution is -2.25. The Bertz CT molecular complexity index is 627. The van der Waals surface area contributed by atoms with E-state index in [0.29, 0.717) is 11.0 Å². The van der Waals surface area contributed by atoms with Gasteiger partial charge in [-0.25, -0.2) is 9.36 Å². The maximum Gasteiger partial charge on any atom is 0.335 e. The highest BCUT2D eigenvalue weighted by Crippen LogP contribution is 2.23. The van der Waals surface area contributed by atoms with Gasteiger partial charge in [0.05, 0.1) is 5.52 Å². The van der Waals surface area contributed by atoms with Crippen LogP contribution in [0.15, 0.2) is 23.0 Å². The van der Waals surface area contributed by atoms with Crippen LogP contribution in [-0.2, 0) is 7.05 Å². The summed E-state index contributed by atoms with van der Waals surface area (Å²) in [5.74, 6) is 0.0461. The molecule has 0 fully saturated rings. The van der Waals surface area contributed by atoms with Crippen molar-refractivity contribution in [3.8, 4) is 5.75 Å². The molecule has 0 aliphatic carbocycles. The first-order valence-electron chi connectivity index (χ1n) is 4.60. The standard InChI is InChI=1S/C10H11N3O2S/c1-12-8-6(4-3-5-7(8)14)13(10(12)15)9(11)16-2/h3-5,11,14H,1-2H3. The van der Waals surface area contributed by atoms with E-state index in [-0.39, 0.29) is 16.6 Å². The second kappa shape index (κ2) is 3.71. The molecule has 2 aromatic rings. The van der Waals surface area contributed by atoms with E-state index in [1.807, 2.05) is 0 Å². The third kappa shape index (κ3) is 1.34. The summed E-state index contributed by atoms with van der Waals surface area (Å²) < 4.78 is 2.62. The predicted molar refractivity (Wildman–Crippen MR) is 65.5 cm³/mol. The third-order valence-corrected chi connectivity index (χ3v) is 3.01. The monoisotopic (exact) mass is 237 g/mol. The van der Waals surface area contributed by atoms with E-state index in [2.05, 4.69) is 0 Å². The fourth-order valence-corrected chi connectivity index (χ4v) is 2.04. The van der Waals surface area contributed by atoms with Crippen LogP contribution in [0.4, 0.5) is 0 Å². The van der Waals surface area contributed by atoms with E-state index in [0.717, 1.165) is 0 Å². The molecule has 1 heterocycles. The van der Waals surface area contributed by atoms with Crippen LogP contribution in [0.2, 0.25) is 0 Å². The Morgan fingerprint density at radius 1 is 1.50 bits per heavy atom. The summed E-state index contributed by atoms with van der Waals surface area (Å²) >= 11 is 1.18. The van der Waals surface area contributed by atoms with E-state index in [1.54, 1.807) is 25.4 Å². The number of phenols is 1. The number of benzene rings is 1. The highest BCUT2D eigenvalue weighted by molar-refractivity contribution is 8.13. The van der Waals surface area contributed by atoms with Crippen molar-refractivity contribution in [1.29, 1.82) is 5.41 Å². The van der Waals surface area contributed by atoms with Crippen molar-refractivity contribution in [3.63, 3.8) is 0 Å². The van der Waals surface area contributed by atoms with Crippen molar-refractivity contribution in [1.82, 2.24) is 9.13 Å². The zero-order valence-electron chi connectivity index (χ0n) is 8.89. The number of fused-ring (bicyclic) bond motifs is 1. The fourth-order valence-electron chi connectivity index (χ4n) is 1.68. The Morgan fingerprint density at radius 2 is 2.19 bits per heavy atom. The third-order valence-electron chi connectivity index (χ3n) is 2.44. The molecule has 0 amide bonds. The second-order valence-corrected chi connectivity index (χ2v) is 4.13. The number of phenolic OH excluding ortho intramolecular Hbond substituents is 1. The summed E-state index contributed by atoms with van der Waals surface area (Å²) in [6.07, 6.45) is 1.73.